The predicted octanol–water partition coefficient (Wildman–Crippen LogP) is 2.29. The van der Waals surface area contributed by atoms with Gasteiger partial charge in [-0.2, -0.15) is 0 Å². The van der Waals surface area contributed by atoms with Gasteiger partial charge in [-0.25, -0.2) is 4.79 Å². The minimum atomic E-state index is -0.404. The van der Waals surface area contributed by atoms with E-state index in [1.165, 1.54) is 7.11 Å². The summed E-state index contributed by atoms with van der Waals surface area (Å²) < 4.78 is 9.94. The number of hydrogen-bond acceptors (Lipinski definition) is 5. The zero-order valence-electron chi connectivity index (χ0n) is 11.8. The number of hydrogen-bond donors (Lipinski definition) is 2. The molecule has 20 heavy (non-hydrogen) atoms. The Labute approximate surface area is 124 Å². The maximum atomic E-state index is 11.7. The molecule has 6 heteroatoms. The first kappa shape index (κ1) is 16.8. The normalized spacial score (nSPS) is 12.0. The zero-order chi connectivity index (χ0) is 15.0. The molecule has 1 atom stereocenters. The number of methoxy groups -OCH3 is 2. The molecule has 0 heterocycles. The number of ether oxygens (including phenoxy) is 2. The molecular weight excluding hydrogens is 280 g/mol. The van der Waals surface area contributed by atoms with E-state index in [1.54, 1.807) is 25.3 Å². The summed E-state index contributed by atoms with van der Waals surface area (Å²) in [4.78, 5) is 11.7. The van der Waals surface area contributed by atoms with E-state index in [2.05, 4.69) is 5.32 Å². The van der Waals surface area contributed by atoms with Gasteiger partial charge in [-0.05, 0) is 37.6 Å². The van der Waals surface area contributed by atoms with E-state index >= 15 is 0 Å². The van der Waals surface area contributed by atoms with Crippen LogP contribution in [0.5, 0.6) is 0 Å². The Bertz CT molecular complexity index is 440. The van der Waals surface area contributed by atoms with Crippen LogP contribution in [0.3, 0.4) is 0 Å². The number of esters is 1. The van der Waals surface area contributed by atoms with Gasteiger partial charge < -0.3 is 20.5 Å². The first-order valence-electron chi connectivity index (χ1n) is 6.45. The molecule has 0 saturated heterocycles. The van der Waals surface area contributed by atoms with Gasteiger partial charge in [0, 0.05) is 18.2 Å². The molecular formula is C14H21ClN2O3. The van der Waals surface area contributed by atoms with Crippen LogP contribution in [0.1, 0.15) is 23.2 Å². The van der Waals surface area contributed by atoms with Gasteiger partial charge in [-0.1, -0.05) is 11.6 Å². The van der Waals surface area contributed by atoms with Gasteiger partial charge in [0.25, 0.3) is 0 Å². The Kier molecular flexibility index (Phi) is 7.36. The molecule has 0 aliphatic rings. The Morgan fingerprint density at radius 2 is 2.20 bits per heavy atom. The highest BCUT2D eigenvalue weighted by molar-refractivity contribution is 6.31. The summed E-state index contributed by atoms with van der Waals surface area (Å²) >= 11 is 5.99. The number of benzene rings is 1. The second-order valence-corrected chi connectivity index (χ2v) is 4.85. The lowest BCUT2D eigenvalue weighted by molar-refractivity contribution is 0.0601. The lowest BCUT2D eigenvalue weighted by Crippen LogP contribution is -2.27. The number of nitrogens with one attached hydrogen (secondary N) is 1. The van der Waals surface area contributed by atoms with Crippen molar-refractivity contribution in [1.82, 2.24) is 0 Å². The zero-order valence-corrected chi connectivity index (χ0v) is 12.6. The third kappa shape index (κ3) is 5.00. The van der Waals surface area contributed by atoms with Crippen LogP contribution in [0.4, 0.5) is 5.69 Å². The van der Waals surface area contributed by atoms with Crippen LogP contribution in [0.15, 0.2) is 18.2 Å². The number of anilines is 1. The Morgan fingerprint density at radius 3 is 2.80 bits per heavy atom. The Balaban J connectivity index is 2.91. The van der Waals surface area contributed by atoms with Crippen LogP contribution in [-0.2, 0) is 9.47 Å². The van der Waals surface area contributed by atoms with Crippen molar-refractivity contribution in [3.63, 3.8) is 0 Å². The van der Waals surface area contributed by atoms with E-state index < -0.39 is 5.97 Å². The molecule has 0 bridgehead atoms. The van der Waals surface area contributed by atoms with Gasteiger partial charge in [0.2, 0.25) is 0 Å². The molecule has 1 aromatic rings. The van der Waals surface area contributed by atoms with Crippen LogP contribution in [0.25, 0.3) is 0 Å². The molecule has 112 valence electrons. The summed E-state index contributed by atoms with van der Waals surface area (Å²) in [6.45, 7) is 1.13. The summed E-state index contributed by atoms with van der Waals surface area (Å²) in [5, 5.41) is 3.82. The van der Waals surface area contributed by atoms with Gasteiger partial charge >= 0.3 is 5.97 Å². The van der Waals surface area contributed by atoms with Crippen molar-refractivity contribution in [2.24, 2.45) is 5.73 Å². The smallest absolute Gasteiger partial charge is 0.339 e. The van der Waals surface area contributed by atoms with Crippen LogP contribution < -0.4 is 11.1 Å². The first-order valence-corrected chi connectivity index (χ1v) is 6.83. The maximum Gasteiger partial charge on any atom is 0.339 e. The van der Waals surface area contributed by atoms with Crippen LogP contribution in [-0.4, -0.2) is 39.4 Å². The van der Waals surface area contributed by atoms with E-state index in [-0.39, 0.29) is 6.04 Å². The number of halogens is 1. The molecule has 0 aliphatic heterocycles. The standard InChI is InChI=1S/C14H21ClN2O3/c1-19-9-11(4-3-7-16)17-13-8-10(15)5-6-12(13)14(18)20-2/h5-6,8,11,17H,3-4,7,9,16H2,1-2H3. The van der Waals surface area contributed by atoms with Gasteiger partial charge in [-0.3, -0.25) is 0 Å². The van der Waals surface area contributed by atoms with Crippen molar-refractivity contribution in [2.75, 3.05) is 32.7 Å². The molecule has 0 saturated carbocycles. The van der Waals surface area contributed by atoms with Crippen molar-refractivity contribution in [2.45, 2.75) is 18.9 Å². The minimum Gasteiger partial charge on any atom is -0.465 e. The monoisotopic (exact) mass is 300 g/mol. The topological polar surface area (TPSA) is 73.6 Å². The lowest BCUT2D eigenvalue weighted by Gasteiger charge is -2.20. The second-order valence-electron chi connectivity index (χ2n) is 4.41. The average Bonchev–Trinajstić information content (AvgIpc) is 2.44. The average molecular weight is 301 g/mol. The number of carbonyl (C=O) groups is 1. The third-order valence-corrected chi connectivity index (χ3v) is 3.11. The molecule has 0 radical (unpaired) electrons. The van der Waals surface area contributed by atoms with Crippen molar-refractivity contribution < 1.29 is 14.3 Å². The fraction of sp³-hybridized carbons (Fsp3) is 0.500. The molecule has 1 unspecified atom stereocenters. The summed E-state index contributed by atoms with van der Waals surface area (Å²) in [5.41, 5.74) is 6.62. The summed E-state index contributed by atoms with van der Waals surface area (Å²) in [6, 6.07) is 5.07. The van der Waals surface area contributed by atoms with E-state index in [0.29, 0.717) is 29.4 Å². The molecule has 0 aromatic heterocycles. The molecule has 0 spiro atoms. The molecule has 5 nitrogen and oxygen atoms in total. The van der Waals surface area contributed by atoms with Gasteiger partial charge in [0.1, 0.15) is 0 Å². The fourth-order valence-electron chi connectivity index (χ4n) is 1.91. The highest BCUT2D eigenvalue weighted by Gasteiger charge is 2.15. The van der Waals surface area contributed by atoms with Gasteiger partial charge in [-0.15, -0.1) is 0 Å². The van der Waals surface area contributed by atoms with Crippen molar-refractivity contribution >= 4 is 23.3 Å². The number of carbonyl (C=O) groups excluding carboxylic acids is 1. The van der Waals surface area contributed by atoms with E-state index in [4.69, 9.17) is 26.8 Å². The predicted molar refractivity (Wildman–Crippen MR) is 80.4 cm³/mol. The van der Waals surface area contributed by atoms with Crippen LogP contribution in [0.2, 0.25) is 5.02 Å². The fourth-order valence-corrected chi connectivity index (χ4v) is 2.08. The van der Waals surface area contributed by atoms with Crippen molar-refractivity contribution in [3.8, 4) is 0 Å². The number of nitrogens with two attached hydrogens (primary N) is 1. The highest BCUT2D eigenvalue weighted by Crippen LogP contribution is 2.23. The largest absolute Gasteiger partial charge is 0.465 e. The van der Waals surface area contributed by atoms with E-state index in [9.17, 15) is 4.79 Å². The third-order valence-electron chi connectivity index (χ3n) is 2.87. The number of rotatable bonds is 8. The molecule has 0 fully saturated rings. The summed E-state index contributed by atoms with van der Waals surface area (Å²) in [6.07, 6.45) is 1.71. The maximum absolute atomic E-state index is 11.7. The highest BCUT2D eigenvalue weighted by atomic mass is 35.5. The Hall–Kier alpha value is -1.30. The van der Waals surface area contributed by atoms with E-state index in [0.717, 1.165) is 12.8 Å². The SMILES string of the molecule is COCC(CCCN)Nc1cc(Cl)ccc1C(=O)OC. The second kappa shape index (κ2) is 8.79. The van der Waals surface area contributed by atoms with E-state index in [1.807, 2.05) is 0 Å². The van der Waals surface area contributed by atoms with Crippen molar-refractivity contribution in [1.29, 1.82) is 0 Å². The molecule has 1 rings (SSSR count). The van der Waals surface area contributed by atoms with Gasteiger partial charge in [0.15, 0.2) is 0 Å². The quantitative estimate of drug-likeness (QED) is 0.721. The summed E-state index contributed by atoms with van der Waals surface area (Å²) in [7, 11) is 2.98. The molecule has 0 amide bonds. The van der Waals surface area contributed by atoms with Gasteiger partial charge in [0.05, 0.1) is 25.0 Å². The molecule has 1 aromatic carbocycles. The molecule has 3 N–H and O–H groups in total. The summed E-state index contributed by atoms with van der Waals surface area (Å²) in [5.74, 6) is -0.404. The van der Waals surface area contributed by atoms with Crippen LogP contribution >= 0.6 is 11.6 Å². The Morgan fingerprint density at radius 1 is 1.45 bits per heavy atom. The minimum absolute atomic E-state index is 0.0606. The van der Waals surface area contributed by atoms with Crippen molar-refractivity contribution in [3.05, 3.63) is 28.8 Å². The van der Waals surface area contributed by atoms with Crippen LogP contribution in [0, 0.1) is 0 Å². The molecule has 0 aliphatic carbocycles. The first-order chi connectivity index (χ1) is 9.62. The lowest BCUT2D eigenvalue weighted by atomic mass is 10.1.